The van der Waals surface area contributed by atoms with Gasteiger partial charge in [-0.05, 0) is 32.3 Å². The Kier molecular flexibility index (Phi) is 4.14. The van der Waals surface area contributed by atoms with Crippen molar-refractivity contribution in [3.05, 3.63) is 40.3 Å². The second kappa shape index (κ2) is 5.83. The highest BCUT2D eigenvalue weighted by molar-refractivity contribution is 5.96. The van der Waals surface area contributed by atoms with Crippen LogP contribution in [0.3, 0.4) is 0 Å². The van der Waals surface area contributed by atoms with Crippen LogP contribution >= 0.6 is 0 Å². The number of hydrogen-bond donors (Lipinski definition) is 1. The SMILES string of the molecule is CN(C)CCNC(=O)c1cc2cccnc2n(C)c1=O. The first-order valence-corrected chi connectivity index (χ1v) is 6.38. The van der Waals surface area contributed by atoms with E-state index < -0.39 is 0 Å². The van der Waals surface area contributed by atoms with Crippen molar-refractivity contribution in [3.63, 3.8) is 0 Å². The first-order chi connectivity index (χ1) is 9.50. The van der Waals surface area contributed by atoms with Crippen molar-refractivity contribution < 1.29 is 4.79 Å². The number of aromatic nitrogens is 2. The van der Waals surface area contributed by atoms with Gasteiger partial charge in [0.25, 0.3) is 11.5 Å². The lowest BCUT2D eigenvalue weighted by Gasteiger charge is -2.11. The van der Waals surface area contributed by atoms with Crippen LogP contribution in [0.15, 0.2) is 29.2 Å². The van der Waals surface area contributed by atoms with Crippen molar-refractivity contribution in [2.24, 2.45) is 7.05 Å². The van der Waals surface area contributed by atoms with E-state index in [0.29, 0.717) is 12.2 Å². The van der Waals surface area contributed by atoms with Crippen LogP contribution in [-0.4, -0.2) is 47.5 Å². The number of fused-ring (bicyclic) bond motifs is 1. The molecule has 0 radical (unpaired) electrons. The van der Waals surface area contributed by atoms with Crippen LogP contribution in [0.2, 0.25) is 0 Å². The topological polar surface area (TPSA) is 67.2 Å². The molecule has 1 N–H and O–H groups in total. The molecule has 2 heterocycles. The van der Waals surface area contributed by atoms with Crippen LogP contribution < -0.4 is 10.9 Å². The van der Waals surface area contributed by atoms with E-state index in [9.17, 15) is 9.59 Å². The quantitative estimate of drug-likeness (QED) is 0.866. The molecule has 0 aromatic carbocycles. The van der Waals surface area contributed by atoms with Crippen molar-refractivity contribution in [1.29, 1.82) is 0 Å². The minimum absolute atomic E-state index is 0.145. The van der Waals surface area contributed by atoms with Gasteiger partial charge in [-0.2, -0.15) is 0 Å². The van der Waals surface area contributed by atoms with Gasteiger partial charge >= 0.3 is 0 Å². The van der Waals surface area contributed by atoms with Gasteiger partial charge in [0.1, 0.15) is 11.2 Å². The fraction of sp³-hybridized carbons (Fsp3) is 0.357. The van der Waals surface area contributed by atoms with Crippen LogP contribution in [0.25, 0.3) is 11.0 Å². The van der Waals surface area contributed by atoms with Gasteiger partial charge in [0.05, 0.1) is 0 Å². The highest BCUT2D eigenvalue weighted by Gasteiger charge is 2.14. The number of pyridine rings is 2. The van der Waals surface area contributed by atoms with Gasteiger partial charge in [-0.1, -0.05) is 0 Å². The molecule has 0 aliphatic carbocycles. The van der Waals surface area contributed by atoms with E-state index in [4.69, 9.17) is 0 Å². The number of nitrogens with one attached hydrogen (secondary N) is 1. The second-order valence-corrected chi connectivity index (χ2v) is 4.90. The molecule has 1 amide bonds. The maximum absolute atomic E-state index is 12.2. The maximum Gasteiger partial charge on any atom is 0.264 e. The Bertz CT molecular complexity index is 691. The van der Waals surface area contributed by atoms with Crippen molar-refractivity contribution in [1.82, 2.24) is 19.8 Å². The molecule has 0 saturated carbocycles. The number of likely N-dealkylation sites (N-methyl/N-ethyl adjacent to an activating group) is 1. The summed E-state index contributed by atoms with van der Waals surface area (Å²) in [6.45, 7) is 1.22. The fourth-order valence-electron chi connectivity index (χ4n) is 1.95. The summed E-state index contributed by atoms with van der Waals surface area (Å²) >= 11 is 0. The average Bonchev–Trinajstić information content (AvgIpc) is 2.42. The van der Waals surface area contributed by atoms with Crippen LogP contribution in [0.1, 0.15) is 10.4 Å². The number of carbonyl (C=O) groups excluding carboxylic acids is 1. The van der Waals surface area contributed by atoms with Gasteiger partial charge < -0.3 is 10.2 Å². The number of hydrogen-bond acceptors (Lipinski definition) is 4. The van der Waals surface area contributed by atoms with Crippen LogP contribution in [0.4, 0.5) is 0 Å². The Morgan fingerprint density at radius 3 is 2.90 bits per heavy atom. The monoisotopic (exact) mass is 274 g/mol. The first kappa shape index (κ1) is 14.2. The summed E-state index contributed by atoms with van der Waals surface area (Å²) in [5.41, 5.74) is 0.382. The normalized spacial score (nSPS) is 11.0. The molecule has 0 spiro atoms. The smallest absolute Gasteiger partial charge is 0.264 e. The number of aryl methyl sites for hydroxylation is 1. The highest BCUT2D eigenvalue weighted by atomic mass is 16.2. The Morgan fingerprint density at radius 2 is 2.20 bits per heavy atom. The third-order valence-electron chi connectivity index (χ3n) is 3.06. The summed E-state index contributed by atoms with van der Waals surface area (Å²) in [6, 6.07) is 5.20. The lowest BCUT2D eigenvalue weighted by atomic mass is 10.2. The zero-order valence-electron chi connectivity index (χ0n) is 11.9. The van der Waals surface area contributed by atoms with E-state index in [0.717, 1.165) is 11.9 Å². The van der Waals surface area contributed by atoms with Crippen LogP contribution in [0.5, 0.6) is 0 Å². The van der Waals surface area contributed by atoms with Gasteiger partial charge in [0.2, 0.25) is 0 Å². The first-order valence-electron chi connectivity index (χ1n) is 6.38. The summed E-state index contributed by atoms with van der Waals surface area (Å²) in [6.07, 6.45) is 1.62. The molecule has 6 nitrogen and oxygen atoms in total. The molecule has 6 heteroatoms. The maximum atomic E-state index is 12.2. The molecule has 0 saturated heterocycles. The van der Waals surface area contributed by atoms with E-state index >= 15 is 0 Å². The minimum atomic E-state index is -0.349. The number of nitrogens with zero attached hydrogens (tertiary/aromatic N) is 3. The molecule has 20 heavy (non-hydrogen) atoms. The third kappa shape index (κ3) is 2.85. The summed E-state index contributed by atoms with van der Waals surface area (Å²) in [4.78, 5) is 30.4. The van der Waals surface area contributed by atoms with E-state index in [1.54, 1.807) is 25.4 Å². The molecule has 2 rings (SSSR count). The molecule has 0 atom stereocenters. The largest absolute Gasteiger partial charge is 0.351 e. The molecular formula is C14H18N4O2. The molecule has 0 aliphatic heterocycles. The molecule has 2 aromatic rings. The molecule has 0 fully saturated rings. The predicted octanol–water partition coefficient (Wildman–Crippen LogP) is 0.225. The van der Waals surface area contributed by atoms with Gasteiger partial charge in [-0.25, -0.2) is 4.98 Å². The van der Waals surface area contributed by atoms with Crippen LogP contribution in [0, 0.1) is 0 Å². The van der Waals surface area contributed by atoms with Crippen LogP contribution in [-0.2, 0) is 7.05 Å². The van der Waals surface area contributed by atoms with Crippen molar-refractivity contribution >= 4 is 16.9 Å². The van der Waals surface area contributed by atoms with E-state index in [1.807, 2.05) is 25.1 Å². The highest BCUT2D eigenvalue weighted by Crippen LogP contribution is 2.09. The molecule has 0 unspecified atom stereocenters. The number of carbonyl (C=O) groups is 1. The standard InChI is InChI=1S/C14H18N4O2/c1-17(2)8-7-16-13(19)11-9-10-5-4-6-15-12(10)18(3)14(11)20/h4-6,9H,7-8H2,1-3H3,(H,16,19). The zero-order valence-corrected chi connectivity index (χ0v) is 11.9. The Labute approximate surface area is 117 Å². The van der Waals surface area contributed by atoms with Gasteiger partial charge in [0.15, 0.2) is 0 Å². The minimum Gasteiger partial charge on any atom is -0.351 e. The average molecular weight is 274 g/mol. The predicted molar refractivity (Wildman–Crippen MR) is 77.9 cm³/mol. The van der Waals surface area contributed by atoms with Crippen molar-refractivity contribution in [3.8, 4) is 0 Å². The van der Waals surface area contributed by atoms with Gasteiger partial charge in [-0.15, -0.1) is 0 Å². The zero-order chi connectivity index (χ0) is 14.7. The molecule has 0 bridgehead atoms. The molecule has 2 aromatic heterocycles. The lowest BCUT2D eigenvalue weighted by Crippen LogP contribution is -2.36. The molecular weight excluding hydrogens is 256 g/mol. The third-order valence-corrected chi connectivity index (χ3v) is 3.06. The van der Waals surface area contributed by atoms with Gasteiger partial charge in [-0.3, -0.25) is 14.2 Å². The van der Waals surface area contributed by atoms with E-state index in [2.05, 4.69) is 10.3 Å². The van der Waals surface area contributed by atoms with E-state index in [1.165, 1.54) is 4.57 Å². The summed E-state index contributed by atoms with van der Waals surface area (Å²) in [5, 5.41) is 3.52. The summed E-state index contributed by atoms with van der Waals surface area (Å²) in [5.74, 6) is -0.349. The summed E-state index contributed by atoms with van der Waals surface area (Å²) < 4.78 is 1.40. The Balaban J connectivity index is 2.32. The second-order valence-electron chi connectivity index (χ2n) is 4.90. The fourth-order valence-corrected chi connectivity index (χ4v) is 1.95. The summed E-state index contributed by atoms with van der Waals surface area (Å²) in [7, 11) is 5.47. The lowest BCUT2D eigenvalue weighted by molar-refractivity contribution is 0.0949. The Hall–Kier alpha value is -2.21. The molecule has 106 valence electrons. The van der Waals surface area contributed by atoms with Gasteiger partial charge in [0, 0.05) is 31.7 Å². The van der Waals surface area contributed by atoms with Crippen molar-refractivity contribution in [2.45, 2.75) is 0 Å². The number of rotatable bonds is 4. The van der Waals surface area contributed by atoms with Crippen molar-refractivity contribution in [2.75, 3.05) is 27.2 Å². The number of amides is 1. The Morgan fingerprint density at radius 1 is 1.45 bits per heavy atom. The van der Waals surface area contributed by atoms with E-state index in [-0.39, 0.29) is 17.0 Å². The molecule has 0 aliphatic rings.